The zero-order valence-corrected chi connectivity index (χ0v) is 10.3. The summed E-state index contributed by atoms with van der Waals surface area (Å²) in [6, 6.07) is 6.21. The summed E-state index contributed by atoms with van der Waals surface area (Å²) < 4.78 is 0. The van der Waals surface area contributed by atoms with Crippen molar-refractivity contribution < 1.29 is 10.0 Å². The van der Waals surface area contributed by atoms with E-state index in [2.05, 4.69) is 0 Å². The lowest BCUT2D eigenvalue weighted by Gasteiger charge is -2.28. The summed E-state index contributed by atoms with van der Waals surface area (Å²) in [6.07, 6.45) is 0. The minimum atomic E-state index is -0.531. The second-order valence-electron chi connectivity index (χ2n) is 4.08. The van der Waals surface area contributed by atoms with Gasteiger partial charge in [-0.1, -0.05) is 0 Å². The van der Waals surface area contributed by atoms with Crippen molar-refractivity contribution in [3.8, 4) is 6.07 Å². The quantitative estimate of drug-likeness (QED) is 0.633. The van der Waals surface area contributed by atoms with Crippen LogP contribution in [0.3, 0.4) is 0 Å². The number of nitro benzene ring substituents is 1. The number of hydrogen-bond acceptors (Lipinski definition) is 5. The number of aliphatic hydroxyl groups is 1. The molecule has 1 aromatic carbocycles. The van der Waals surface area contributed by atoms with Gasteiger partial charge in [0, 0.05) is 24.7 Å². The van der Waals surface area contributed by atoms with Gasteiger partial charge in [0.2, 0.25) is 0 Å². The van der Waals surface area contributed by atoms with Crippen molar-refractivity contribution in [1.82, 2.24) is 0 Å². The van der Waals surface area contributed by atoms with Crippen molar-refractivity contribution >= 4 is 11.4 Å². The third-order valence-corrected chi connectivity index (χ3v) is 2.59. The molecule has 0 fully saturated rings. The summed E-state index contributed by atoms with van der Waals surface area (Å²) >= 11 is 0. The number of anilines is 1. The number of nitriles is 1. The molecule has 18 heavy (non-hydrogen) atoms. The molecular weight excluding hydrogens is 234 g/mol. The van der Waals surface area contributed by atoms with E-state index in [-0.39, 0.29) is 23.9 Å². The molecule has 0 bridgehead atoms. The molecule has 1 aromatic rings. The number of nitrogens with zero attached hydrogens (tertiary/aromatic N) is 3. The zero-order chi connectivity index (χ0) is 13.7. The number of benzene rings is 1. The molecule has 0 spiro atoms. The highest BCUT2D eigenvalue weighted by molar-refractivity contribution is 5.63. The third kappa shape index (κ3) is 2.96. The minimum absolute atomic E-state index is 0.0416. The van der Waals surface area contributed by atoms with Gasteiger partial charge in [0.15, 0.2) is 0 Å². The smallest absolute Gasteiger partial charge is 0.270 e. The number of hydrogen-bond donors (Lipinski definition) is 1. The van der Waals surface area contributed by atoms with E-state index < -0.39 is 4.92 Å². The molecule has 0 saturated heterocycles. The van der Waals surface area contributed by atoms with Crippen LogP contribution in [-0.2, 0) is 0 Å². The van der Waals surface area contributed by atoms with Gasteiger partial charge in [0.1, 0.15) is 6.07 Å². The van der Waals surface area contributed by atoms with Crippen molar-refractivity contribution in [1.29, 1.82) is 5.26 Å². The van der Waals surface area contributed by atoms with Crippen LogP contribution < -0.4 is 4.90 Å². The van der Waals surface area contributed by atoms with Crippen LogP contribution in [0, 0.1) is 21.4 Å². The molecule has 0 amide bonds. The SMILES string of the molecule is CC(C)N(CCO)c1ccc([N+](=O)[O-])cc1C#N. The number of rotatable bonds is 5. The molecule has 0 atom stereocenters. The van der Waals surface area contributed by atoms with Crippen LogP contribution in [0.1, 0.15) is 19.4 Å². The second kappa shape index (κ2) is 5.98. The predicted molar refractivity (Wildman–Crippen MR) is 67.4 cm³/mol. The Morgan fingerprint density at radius 1 is 1.56 bits per heavy atom. The lowest BCUT2D eigenvalue weighted by atomic mass is 10.1. The van der Waals surface area contributed by atoms with E-state index in [1.807, 2.05) is 24.8 Å². The molecule has 1 N–H and O–H groups in total. The highest BCUT2D eigenvalue weighted by Crippen LogP contribution is 2.26. The first-order valence-corrected chi connectivity index (χ1v) is 5.57. The molecule has 96 valence electrons. The summed E-state index contributed by atoms with van der Waals surface area (Å²) in [4.78, 5) is 12.0. The van der Waals surface area contributed by atoms with E-state index in [4.69, 9.17) is 10.4 Å². The van der Waals surface area contributed by atoms with Crippen LogP contribution in [0.4, 0.5) is 11.4 Å². The fourth-order valence-electron chi connectivity index (χ4n) is 1.74. The van der Waals surface area contributed by atoms with Crippen molar-refractivity contribution in [2.45, 2.75) is 19.9 Å². The fraction of sp³-hybridized carbons (Fsp3) is 0.417. The van der Waals surface area contributed by atoms with Gasteiger partial charge in [-0.3, -0.25) is 10.1 Å². The van der Waals surface area contributed by atoms with E-state index in [0.717, 1.165) is 0 Å². The van der Waals surface area contributed by atoms with E-state index in [9.17, 15) is 10.1 Å². The Balaban J connectivity index is 3.23. The topological polar surface area (TPSA) is 90.4 Å². The fourth-order valence-corrected chi connectivity index (χ4v) is 1.74. The third-order valence-electron chi connectivity index (χ3n) is 2.59. The van der Waals surface area contributed by atoms with Crippen LogP contribution in [-0.4, -0.2) is 29.2 Å². The van der Waals surface area contributed by atoms with Gasteiger partial charge in [-0.15, -0.1) is 0 Å². The highest BCUT2D eigenvalue weighted by atomic mass is 16.6. The Morgan fingerprint density at radius 3 is 2.67 bits per heavy atom. The molecule has 0 aliphatic rings. The van der Waals surface area contributed by atoms with Crippen molar-refractivity contribution in [2.24, 2.45) is 0 Å². The first-order valence-electron chi connectivity index (χ1n) is 5.57. The summed E-state index contributed by atoms with van der Waals surface area (Å²) in [5.74, 6) is 0. The maximum Gasteiger partial charge on any atom is 0.270 e. The molecule has 0 heterocycles. The zero-order valence-electron chi connectivity index (χ0n) is 10.3. The first-order chi connectivity index (χ1) is 8.51. The average molecular weight is 249 g/mol. The lowest BCUT2D eigenvalue weighted by Crippen LogP contribution is -2.34. The summed E-state index contributed by atoms with van der Waals surface area (Å²) in [5, 5.41) is 28.7. The van der Waals surface area contributed by atoms with Gasteiger partial charge in [-0.25, -0.2) is 0 Å². The van der Waals surface area contributed by atoms with Gasteiger partial charge in [0.25, 0.3) is 5.69 Å². The Labute approximate surface area is 105 Å². The van der Waals surface area contributed by atoms with Gasteiger partial charge < -0.3 is 10.0 Å². The largest absolute Gasteiger partial charge is 0.395 e. The summed E-state index contributed by atoms with van der Waals surface area (Å²) in [7, 11) is 0. The molecule has 0 aromatic heterocycles. The van der Waals surface area contributed by atoms with E-state index in [0.29, 0.717) is 12.2 Å². The standard InChI is InChI=1S/C12H15N3O3/c1-9(2)14(5-6-16)12-4-3-11(15(17)18)7-10(12)8-13/h3-4,7,9,16H,5-6H2,1-2H3. The Hall–Kier alpha value is -2.13. The first kappa shape index (κ1) is 13.9. The molecule has 0 aliphatic carbocycles. The normalized spacial score (nSPS) is 10.2. The van der Waals surface area contributed by atoms with Gasteiger partial charge in [-0.2, -0.15) is 5.26 Å². The van der Waals surface area contributed by atoms with Crippen LogP contribution >= 0.6 is 0 Å². The lowest BCUT2D eigenvalue weighted by molar-refractivity contribution is -0.384. The molecule has 0 unspecified atom stereocenters. The Bertz CT molecular complexity index is 480. The molecule has 1 rings (SSSR count). The van der Waals surface area contributed by atoms with Crippen molar-refractivity contribution in [3.63, 3.8) is 0 Å². The predicted octanol–water partition coefficient (Wildman–Crippen LogP) is 1.67. The maximum absolute atomic E-state index is 10.7. The van der Waals surface area contributed by atoms with Crippen LogP contribution in [0.5, 0.6) is 0 Å². The molecule has 6 heteroatoms. The van der Waals surface area contributed by atoms with Gasteiger partial charge >= 0.3 is 0 Å². The summed E-state index contributed by atoms with van der Waals surface area (Å²) in [5.41, 5.74) is 0.738. The second-order valence-corrected chi connectivity index (χ2v) is 4.08. The van der Waals surface area contributed by atoms with Crippen LogP contribution in [0.2, 0.25) is 0 Å². The minimum Gasteiger partial charge on any atom is -0.395 e. The van der Waals surface area contributed by atoms with Crippen LogP contribution in [0.25, 0.3) is 0 Å². The van der Waals surface area contributed by atoms with E-state index in [1.165, 1.54) is 12.1 Å². The number of aliphatic hydroxyl groups excluding tert-OH is 1. The highest BCUT2D eigenvalue weighted by Gasteiger charge is 2.17. The number of non-ortho nitro benzene ring substituents is 1. The average Bonchev–Trinajstić information content (AvgIpc) is 2.34. The van der Waals surface area contributed by atoms with E-state index in [1.54, 1.807) is 6.07 Å². The summed E-state index contributed by atoms with van der Waals surface area (Å²) in [6.45, 7) is 4.20. The molecular formula is C12H15N3O3. The Kier molecular flexibility index (Phi) is 4.63. The van der Waals surface area contributed by atoms with Crippen molar-refractivity contribution in [3.05, 3.63) is 33.9 Å². The maximum atomic E-state index is 10.7. The Morgan fingerprint density at radius 2 is 2.22 bits per heavy atom. The van der Waals surface area contributed by atoms with Gasteiger partial charge in [-0.05, 0) is 19.9 Å². The number of nitro groups is 1. The van der Waals surface area contributed by atoms with E-state index >= 15 is 0 Å². The molecule has 0 aliphatic heterocycles. The van der Waals surface area contributed by atoms with Crippen molar-refractivity contribution in [2.75, 3.05) is 18.1 Å². The molecule has 0 radical (unpaired) electrons. The van der Waals surface area contributed by atoms with Crippen LogP contribution in [0.15, 0.2) is 18.2 Å². The van der Waals surface area contributed by atoms with Gasteiger partial charge in [0.05, 0.1) is 22.8 Å². The molecule has 6 nitrogen and oxygen atoms in total. The monoisotopic (exact) mass is 249 g/mol. The molecule has 0 saturated carbocycles.